The molecule has 1 fully saturated rings. The first-order valence-corrected chi connectivity index (χ1v) is 17.6. The van der Waals surface area contributed by atoms with Crippen molar-refractivity contribution in [1.29, 1.82) is 0 Å². The van der Waals surface area contributed by atoms with Crippen molar-refractivity contribution < 1.29 is 32.2 Å². The molecule has 1 amide bonds. The summed E-state index contributed by atoms with van der Waals surface area (Å²) in [4.78, 5) is 15.9. The molecule has 2 aliphatic rings. The molecule has 2 heterocycles. The lowest BCUT2D eigenvalue weighted by atomic mass is 10.1. The predicted molar refractivity (Wildman–Crippen MR) is 179 cm³/mol. The normalized spacial score (nSPS) is 16.3. The molecule has 0 spiro atoms. The van der Waals surface area contributed by atoms with E-state index < -0.39 is 9.84 Å². The Kier molecular flexibility index (Phi) is 11.9. The summed E-state index contributed by atoms with van der Waals surface area (Å²) in [6, 6.07) is 20.8. The minimum absolute atomic E-state index is 0.111. The molecule has 10 heteroatoms. The molecular weight excluding hydrogens is 604 g/mol. The second-order valence-electron chi connectivity index (χ2n) is 11.7. The van der Waals surface area contributed by atoms with E-state index in [0.717, 1.165) is 50.1 Å². The summed E-state index contributed by atoms with van der Waals surface area (Å²) in [5.41, 5.74) is 3.50. The number of para-hydroxylation sites is 1. The van der Waals surface area contributed by atoms with Gasteiger partial charge in [-0.05, 0) is 86.3 Å². The Morgan fingerprint density at radius 2 is 1.76 bits per heavy atom. The number of carbonyl (C=O) groups is 1. The standard InChI is InChI=1S/C36H44N2O7S/c1-3-17-42-20-21-44-34-7-5-4-6-29(34)26-45-33-12-13-35-30(24-33)23-28(16-22-46(35,40)41)36(39)37-31-10-8-27(9-11-31)25-38(2)32-14-18-43-19-15-32/h4-13,23-24,32H,3,14-22,25-26H2,1-2H3,(H,37,39). The molecule has 5 rings (SSSR count). The third kappa shape index (κ3) is 9.19. The highest BCUT2D eigenvalue weighted by atomic mass is 32.2. The van der Waals surface area contributed by atoms with Crippen molar-refractivity contribution in [2.75, 3.05) is 51.2 Å². The van der Waals surface area contributed by atoms with Gasteiger partial charge < -0.3 is 24.3 Å². The highest BCUT2D eigenvalue weighted by molar-refractivity contribution is 7.91. The van der Waals surface area contributed by atoms with E-state index in [1.807, 2.05) is 48.5 Å². The molecule has 0 radical (unpaired) electrons. The number of fused-ring (bicyclic) bond motifs is 1. The summed E-state index contributed by atoms with van der Waals surface area (Å²) in [5, 5.41) is 2.95. The summed E-state index contributed by atoms with van der Waals surface area (Å²) >= 11 is 0. The molecule has 3 aromatic carbocycles. The Bertz CT molecular complexity index is 1600. The van der Waals surface area contributed by atoms with Gasteiger partial charge in [0.2, 0.25) is 0 Å². The van der Waals surface area contributed by atoms with Gasteiger partial charge in [0.15, 0.2) is 9.84 Å². The van der Waals surface area contributed by atoms with Gasteiger partial charge in [-0.3, -0.25) is 9.69 Å². The van der Waals surface area contributed by atoms with Gasteiger partial charge in [-0.2, -0.15) is 0 Å². The molecule has 246 valence electrons. The molecule has 1 saturated heterocycles. The van der Waals surface area contributed by atoms with E-state index in [4.69, 9.17) is 18.9 Å². The van der Waals surface area contributed by atoms with Crippen LogP contribution >= 0.6 is 0 Å². The second kappa shape index (κ2) is 16.2. The number of hydrogen-bond donors (Lipinski definition) is 1. The van der Waals surface area contributed by atoms with Gasteiger partial charge in [0.25, 0.3) is 5.91 Å². The minimum atomic E-state index is -3.58. The Balaban J connectivity index is 1.23. The van der Waals surface area contributed by atoms with E-state index in [1.54, 1.807) is 24.3 Å². The van der Waals surface area contributed by atoms with Crippen molar-refractivity contribution in [2.24, 2.45) is 0 Å². The Labute approximate surface area is 272 Å². The van der Waals surface area contributed by atoms with Gasteiger partial charge >= 0.3 is 0 Å². The van der Waals surface area contributed by atoms with Gasteiger partial charge in [0.1, 0.15) is 24.7 Å². The molecule has 0 bridgehead atoms. The summed E-state index contributed by atoms with van der Waals surface area (Å²) in [6.45, 7) is 6.34. The fraction of sp³-hybridized carbons (Fsp3) is 0.417. The second-order valence-corrected chi connectivity index (χ2v) is 13.8. The first-order valence-electron chi connectivity index (χ1n) is 16.0. The van der Waals surface area contributed by atoms with Crippen LogP contribution in [0.15, 0.2) is 77.2 Å². The van der Waals surface area contributed by atoms with Crippen LogP contribution in [0.5, 0.6) is 11.5 Å². The van der Waals surface area contributed by atoms with Crippen LogP contribution in [-0.2, 0) is 37.3 Å². The summed E-state index contributed by atoms with van der Waals surface area (Å²) in [5.74, 6) is 0.728. The van der Waals surface area contributed by atoms with Crippen molar-refractivity contribution in [3.05, 3.63) is 89.0 Å². The number of nitrogens with one attached hydrogen (secondary N) is 1. The molecule has 0 aromatic heterocycles. The fourth-order valence-electron chi connectivity index (χ4n) is 5.64. The fourth-order valence-corrected chi connectivity index (χ4v) is 7.10. The van der Waals surface area contributed by atoms with Gasteiger partial charge in [-0.15, -0.1) is 0 Å². The van der Waals surface area contributed by atoms with Crippen LogP contribution in [0, 0.1) is 0 Å². The summed E-state index contributed by atoms with van der Waals surface area (Å²) < 4.78 is 49.2. The Hall–Kier alpha value is -3.70. The van der Waals surface area contributed by atoms with Crippen molar-refractivity contribution in [3.8, 4) is 11.5 Å². The molecule has 2 aliphatic heterocycles. The largest absolute Gasteiger partial charge is 0.491 e. The van der Waals surface area contributed by atoms with Gasteiger partial charge in [0, 0.05) is 49.2 Å². The maximum Gasteiger partial charge on any atom is 0.251 e. The molecule has 0 aliphatic carbocycles. The zero-order valence-electron chi connectivity index (χ0n) is 26.7. The lowest BCUT2D eigenvalue weighted by molar-refractivity contribution is -0.112. The summed E-state index contributed by atoms with van der Waals surface area (Å²) in [6.07, 6.45) is 4.79. The van der Waals surface area contributed by atoms with Crippen molar-refractivity contribution in [2.45, 2.75) is 56.7 Å². The molecule has 0 unspecified atom stereocenters. The SMILES string of the molecule is CCCOCCOc1ccccc1COc1ccc2c(c1)C=C(C(=O)Nc1ccc(CN(C)C3CCOCC3)cc1)CCS2(=O)=O. The van der Waals surface area contributed by atoms with Crippen LogP contribution in [0.25, 0.3) is 6.08 Å². The molecule has 46 heavy (non-hydrogen) atoms. The number of sulfone groups is 1. The first kappa shape index (κ1) is 33.7. The van der Waals surface area contributed by atoms with Crippen LogP contribution in [0.3, 0.4) is 0 Å². The summed E-state index contributed by atoms with van der Waals surface area (Å²) in [7, 11) is -1.45. The smallest absolute Gasteiger partial charge is 0.251 e. The van der Waals surface area contributed by atoms with E-state index in [9.17, 15) is 13.2 Å². The Morgan fingerprint density at radius 1 is 0.978 bits per heavy atom. The molecule has 0 atom stereocenters. The van der Waals surface area contributed by atoms with E-state index in [0.29, 0.717) is 54.2 Å². The average molecular weight is 649 g/mol. The third-order valence-corrected chi connectivity index (χ3v) is 10.0. The van der Waals surface area contributed by atoms with Gasteiger partial charge in [-0.1, -0.05) is 37.3 Å². The number of amides is 1. The average Bonchev–Trinajstić information content (AvgIpc) is 3.20. The number of nitrogens with zero attached hydrogens (tertiary/aromatic N) is 1. The van der Waals surface area contributed by atoms with E-state index in [2.05, 4.69) is 24.2 Å². The number of hydrogen-bond acceptors (Lipinski definition) is 8. The van der Waals surface area contributed by atoms with Crippen LogP contribution in [0.4, 0.5) is 5.69 Å². The van der Waals surface area contributed by atoms with E-state index in [-0.39, 0.29) is 29.6 Å². The number of anilines is 1. The van der Waals surface area contributed by atoms with E-state index >= 15 is 0 Å². The highest BCUT2D eigenvalue weighted by Gasteiger charge is 2.25. The zero-order chi connectivity index (χ0) is 32.4. The Morgan fingerprint density at radius 3 is 2.54 bits per heavy atom. The number of carbonyl (C=O) groups excluding carboxylic acids is 1. The topological polar surface area (TPSA) is 103 Å². The van der Waals surface area contributed by atoms with Crippen LogP contribution in [-0.4, -0.2) is 71.1 Å². The quantitative estimate of drug-likeness (QED) is 0.216. The van der Waals surface area contributed by atoms with Crippen LogP contribution in [0.1, 0.15) is 49.3 Å². The lowest BCUT2D eigenvalue weighted by Crippen LogP contribution is -2.36. The van der Waals surface area contributed by atoms with Crippen molar-refractivity contribution in [3.63, 3.8) is 0 Å². The van der Waals surface area contributed by atoms with Crippen molar-refractivity contribution >= 4 is 27.5 Å². The molecule has 3 aromatic rings. The molecule has 9 nitrogen and oxygen atoms in total. The monoisotopic (exact) mass is 648 g/mol. The molecule has 1 N–H and O–H groups in total. The number of benzene rings is 3. The van der Waals surface area contributed by atoms with Crippen LogP contribution < -0.4 is 14.8 Å². The van der Waals surface area contributed by atoms with Crippen LogP contribution in [0.2, 0.25) is 0 Å². The number of rotatable bonds is 14. The molecule has 0 saturated carbocycles. The minimum Gasteiger partial charge on any atom is -0.491 e. The van der Waals surface area contributed by atoms with Gasteiger partial charge in [0.05, 0.1) is 17.3 Å². The maximum absolute atomic E-state index is 13.3. The predicted octanol–water partition coefficient (Wildman–Crippen LogP) is 5.88. The van der Waals surface area contributed by atoms with E-state index in [1.165, 1.54) is 0 Å². The third-order valence-electron chi connectivity index (χ3n) is 8.24. The first-order chi connectivity index (χ1) is 22.3. The number of ether oxygens (including phenoxy) is 4. The molecular formula is C36H44N2O7S. The maximum atomic E-state index is 13.3. The van der Waals surface area contributed by atoms with Gasteiger partial charge in [-0.25, -0.2) is 8.42 Å². The lowest BCUT2D eigenvalue weighted by Gasteiger charge is -2.31. The van der Waals surface area contributed by atoms with Crippen molar-refractivity contribution in [1.82, 2.24) is 4.90 Å². The zero-order valence-corrected chi connectivity index (χ0v) is 27.5. The highest BCUT2D eigenvalue weighted by Crippen LogP contribution is 2.31.